The number of nitrogens with zero attached hydrogens (tertiary/aromatic N) is 2. The van der Waals surface area contributed by atoms with Crippen molar-refractivity contribution in [3.05, 3.63) is 89.4 Å². The summed E-state index contributed by atoms with van der Waals surface area (Å²) in [6.45, 7) is 1.97. The zero-order valence-corrected chi connectivity index (χ0v) is 15.0. The van der Waals surface area contributed by atoms with Crippen LogP contribution in [0.4, 0.5) is 5.69 Å². The molecule has 0 aliphatic rings. The molecule has 0 aliphatic carbocycles. The highest BCUT2D eigenvalue weighted by Crippen LogP contribution is 2.31. The van der Waals surface area contributed by atoms with E-state index in [4.69, 9.17) is 5.10 Å². The van der Waals surface area contributed by atoms with E-state index in [1.807, 2.05) is 85.2 Å². The third kappa shape index (κ3) is 3.30. The monoisotopic (exact) mass is 359 g/mol. The summed E-state index contributed by atoms with van der Waals surface area (Å²) < 4.78 is 1.79. The fourth-order valence-corrected chi connectivity index (χ4v) is 3.48. The predicted molar refractivity (Wildman–Crippen MR) is 106 cm³/mol. The SMILES string of the molecule is Cc1cccc(C(=O)Nc2cn(-c3ccccc3)nc2-c2cccs2)c1. The van der Waals surface area contributed by atoms with Crippen LogP contribution < -0.4 is 5.32 Å². The van der Waals surface area contributed by atoms with Gasteiger partial charge in [0, 0.05) is 5.56 Å². The minimum atomic E-state index is -0.140. The van der Waals surface area contributed by atoms with Gasteiger partial charge in [0.25, 0.3) is 5.91 Å². The molecule has 0 saturated carbocycles. The second-order valence-corrected chi connectivity index (χ2v) is 6.92. The Bertz CT molecular complexity index is 1040. The van der Waals surface area contributed by atoms with Gasteiger partial charge in [0.05, 0.1) is 22.4 Å². The summed E-state index contributed by atoms with van der Waals surface area (Å²) >= 11 is 1.60. The summed E-state index contributed by atoms with van der Waals surface area (Å²) in [4.78, 5) is 13.7. The largest absolute Gasteiger partial charge is 0.319 e. The Kier molecular flexibility index (Phi) is 4.37. The van der Waals surface area contributed by atoms with Gasteiger partial charge in [0.1, 0.15) is 5.69 Å². The van der Waals surface area contributed by atoms with E-state index in [0.29, 0.717) is 11.3 Å². The Balaban J connectivity index is 1.72. The molecule has 0 radical (unpaired) electrons. The van der Waals surface area contributed by atoms with E-state index in [1.165, 1.54) is 0 Å². The first-order chi connectivity index (χ1) is 12.7. The normalized spacial score (nSPS) is 10.7. The quantitative estimate of drug-likeness (QED) is 0.547. The first-order valence-electron chi connectivity index (χ1n) is 8.28. The smallest absolute Gasteiger partial charge is 0.255 e. The molecule has 26 heavy (non-hydrogen) atoms. The summed E-state index contributed by atoms with van der Waals surface area (Å²) in [5.41, 5.74) is 4.10. The van der Waals surface area contributed by atoms with E-state index in [-0.39, 0.29) is 5.91 Å². The van der Waals surface area contributed by atoms with Crippen molar-refractivity contribution >= 4 is 22.9 Å². The fourth-order valence-electron chi connectivity index (χ4n) is 2.75. The lowest BCUT2D eigenvalue weighted by atomic mass is 10.1. The number of rotatable bonds is 4. The minimum Gasteiger partial charge on any atom is -0.319 e. The fraction of sp³-hybridized carbons (Fsp3) is 0.0476. The average molecular weight is 359 g/mol. The molecule has 0 bridgehead atoms. The van der Waals surface area contributed by atoms with Crippen molar-refractivity contribution in [2.24, 2.45) is 0 Å². The Hall–Kier alpha value is -3.18. The number of hydrogen-bond donors (Lipinski definition) is 1. The second kappa shape index (κ2) is 6.98. The predicted octanol–water partition coefficient (Wildman–Crippen LogP) is 5.16. The van der Waals surface area contributed by atoms with Crippen molar-refractivity contribution in [1.82, 2.24) is 9.78 Å². The molecule has 5 heteroatoms. The van der Waals surface area contributed by atoms with Crippen molar-refractivity contribution < 1.29 is 4.79 Å². The van der Waals surface area contributed by atoms with E-state index in [9.17, 15) is 4.79 Å². The van der Waals surface area contributed by atoms with Gasteiger partial charge in [-0.15, -0.1) is 11.3 Å². The van der Waals surface area contributed by atoms with Gasteiger partial charge in [0.2, 0.25) is 0 Å². The number of nitrogens with one attached hydrogen (secondary N) is 1. The van der Waals surface area contributed by atoms with Crippen LogP contribution in [0.3, 0.4) is 0 Å². The van der Waals surface area contributed by atoms with Gasteiger partial charge >= 0.3 is 0 Å². The molecule has 4 aromatic rings. The molecular formula is C21H17N3OS. The molecule has 128 valence electrons. The van der Waals surface area contributed by atoms with Crippen LogP contribution in [0.5, 0.6) is 0 Å². The van der Waals surface area contributed by atoms with Crippen LogP contribution in [0.1, 0.15) is 15.9 Å². The van der Waals surface area contributed by atoms with Gasteiger partial charge < -0.3 is 5.32 Å². The first-order valence-corrected chi connectivity index (χ1v) is 9.16. The van der Waals surface area contributed by atoms with Crippen LogP contribution in [-0.4, -0.2) is 15.7 Å². The molecule has 4 nitrogen and oxygen atoms in total. The van der Waals surface area contributed by atoms with Gasteiger partial charge in [-0.2, -0.15) is 5.10 Å². The number of carbonyl (C=O) groups excluding carboxylic acids is 1. The third-order valence-electron chi connectivity index (χ3n) is 4.02. The maximum atomic E-state index is 12.7. The number of thiophene rings is 1. The number of benzene rings is 2. The van der Waals surface area contributed by atoms with Gasteiger partial charge in [0.15, 0.2) is 0 Å². The summed E-state index contributed by atoms with van der Waals surface area (Å²) in [7, 11) is 0. The zero-order valence-electron chi connectivity index (χ0n) is 14.2. The Labute approximate surface area is 155 Å². The maximum Gasteiger partial charge on any atom is 0.255 e. The number of amides is 1. The molecular weight excluding hydrogens is 342 g/mol. The summed E-state index contributed by atoms with van der Waals surface area (Å²) in [5.74, 6) is -0.140. The summed E-state index contributed by atoms with van der Waals surface area (Å²) in [6.07, 6.45) is 1.86. The van der Waals surface area contributed by atoms with Gasteiger partial charge in [-0.25, -0.2) is 4.68 Å². The first kappa shape index (κ1) is 16.3. The molecule has 4 rings (SSSR count). The summed E-state index contributed by atoms with van der Waals surface area (Å²) in [6, 6.07) is 21.4. The van der Waals surface area contributed by atoms with E-state index in [0.717, 1.165) is 21.8 Å². The molecule has 1 N–H and O–H groups in total. The molecule has 0 spiro atoms. The number of aryl methyl sites for hydroxylation is 1. The van der Waals surface area contributed by atoms with Crippen LogP contribution in [-0.2, 0) is 0 Å². The van der Waals surface area contributed by atoms with Crippen LogP contribution in [0.25, 0.3) is 16.3 Å². The van der Waals surface area contributed by atoms with Crippen molar-refractivity contribution in [2.45, 2.75) is 6.92 Å². The van der Waals surface area contributed by atoms with Crippen LogP contribution >= 0.6 is 11.3 Å². The molecule has 0 aliphatic heterocycles. The lowest BCUT2D eigenvalue weighted by Crippen LogP contribution is -2.12. The van der Waals surface area contributed by atoms with Crippen LogP contribution in [0.15, 0.2) is 78.3 Å². The lowest BCUT2D eigenvalue weighted by molar-refractivity contribution is 0.102. The molecule has 0 unspecified atom stereocenters. The minimum absolute atomic E-state index is 0.140. The van der Waals surface area contributed by atoms with E-state index in [2.05, 4.69) is 5.32 Å². The second-order valence-electron chi connectivity index (χ2n) is 5.97. The molecule has 0 saturated heterocycles. The molecule has 2 aromatic carbocycles. The van der Waals surface area contributed by atoms with E-state index >= 15 is 0 Å². The molecule has 0 atom stereocenters. The number of para-hydroxylation sites is 1. The van der Waals surface area contributed by atoms with Crippen molar-refractivity contribution in [2.75, 3.05) is 5.32 Å². The molecule has 2 heterocycles. The Morgan fingerprint density at radius 1 is 1.04 bits per heavy atom. The van der Waals surface area contributed by atoms with Crippen molar-refractivity contribution in [3.63, 3.8) is 0 Å². The number of hydrogen-bond acceptors (Lipinski definition) is 3. The highest BCUT2D eigenvalue weighted by Gasteiger charge is 2.16. The number of anilines is 1. The average Bonchev–Trinajstić information content (AvgIpc) is 3.32. The van der Waals surface area contributed by atoms with Crippen molar-refractivity contribution in [3.8, 4) is 16.3 Å². The number of carbonyl (C=O) groups is 1. The van der Waals surface area contributed by atoms with Gasteiger partial charge in [-0.05, 0) is 42.6 Å². The highest BCUT2D eigenvalue weighted by atomic mass is 32.1. The molecule has 2 aromatic heterocycles. The van der Waals surface area contributed by atoms with Crippen LogP contribution in [0, 0.1) is 6.92 Å². The highest BCUT2D eigenvalue weighted by molar-refractivity contribution is 7.13. The Morgan fingerprint density at radius 2 is 1.88 bits per heavy atom. The summed E-state index contributed by atoms with van der Waals surface area (Å²) in [5, 5.41) is 9.72. The Morgan fingerprint density at radius 3 is 2.62 bits per heavy atom. The van der Waals surface area contributed by atoms with E-state index in [1.54, 1.807) is 16.0 Å². The van der Waals surface area contributed by atoms with Gasteiger partial charge in [-0.1, -0.05) is 42.0 Å². The zero-order chi connectivity index (χ0) is 17.9. The standard InChI is InChI=1S/C21H17N3OS/c1-15-7-5-8-16(13-15)21(25)22-18-14-24(17-9-3-2-4-10-17)23-20(18)19-11-6-12-26-19/h2-14H,1H3,(H,22,25). The topological polar surface area (TPSA) is 46.9 Å². The van der Waals surface area contributed by atoms with Crippen molar-refractivity contribution in [1.29, 1.82) is 0 Å². The third-order valence-corrected chi connectivity index (χ3v) is 4.89. The maximum absolute atomic E-state index is 12.7. The molecule has 0 fully saturated rings. The number of aromatic nitrogens is 2. The van der Waals surface area contributed by atoms with Crippen LogP contribution in [0.2, 0.25) is 0 Å². The lowest BCUT2D eigenvalue weighted by Gasteiger charge is -2.05. The van der Waals surface area contributed by atoms with Gasteiger partial charge in [-0.3, -0.25) is 4.79 Å². The molecule has 1 amide bonds. The van der Waals surface area contributed by atoms with E-state index < -0.39 is 0 Å².